The van der Waals surface area contributed by atoms with Crippen LogP contribution in [0.3, 0.4) is 0 Å². The van der Waals surface area contributed by atoms with E-state index < -0.39 is 0 Å². The fourth-order valence-corrected chi connectivity index (χ4v) is 2.05. The molecule has 0 saturated heterocycles. The minimum absolute atomic E-state index is 0.000604. The standard InChI is InChI=1S/C16H22N4O2/c1-12(2)14(10-20-17-8-9-18-20)19-16(21)11-22-15-7-5-4-6-13(15)3/h4-9,12,14H,10-11H2,1-3H3,(H,19,21)/t14-/m1/s1. The Balaban J connectivity index is 1.87. The highest BCUT2D eigenvalue weighted by Crippen LogP contribution is 2.15. The first-order valence-electron chi connectivity index (χ1n) is 7.38. The van der Waals surface area contributed by atoms with Gasteiger partial charge in [0.1, 0.15) is 5.75 Å². The van der Waals surface area contributed by atoms with Crippen LogP contribution in [0.5, 0.6) is 5.75 Å². The van der Waals surface area contributed by atoms with E-state index in [2.05, 4.69) is 29.4 Å². The van der Waals surface area contributed by atoms with Gasteiger partial charge in [-0.25, -0.2) is 0 Å². The average molecular weight is 302 g/mol. The number of carbonyl (C=O) groups excluding carboxylic acids is 1. The number of amides is 1. The first-order chi connectivity index (χ1) is 10.6. The zero-order valence-electron chi connectivity index (χ0n) is 13.2. The van der Waals surface area contributed by atoms with E-state index in [9.17, 15) is 4.79 Å². The van der Waals surface area contributed by atoms with Crippen LogP contribution in [0.2, 0.25) is 0 Å². The highest BCUT2D eigenvalue weighted by atomic mass is 16.5. The van der Waals surface area contributed by atoms with Crippen LogP contribution in [0.4, 0.5) is 0 Å². The van der Waals surface area contributed by atoms with Crippen molar-refractivity contribution in [3.63, 3.8) is 0 Å². The SMILES string of the molecule is Cc1ccccc1OCC(=O)N[C@H](Cn1nccn1)C(C)C. The fraction of sp³-hybridized carbons (Fsp3) is 0.438. The first-order valence-corrected chi connectivity index (χ1v) is 7.38. The number of nitrogens with one attached hydrogen (secondary N) is 1. The third-order valence-corrected chi connectivity index (χ3v) is 3.43. The lowest BCUT2D eigenvalue weighted by Crippen LogP contribution is -2.44. The minimum Gasteiger partial charge on any atom is -0.484 e. The van der Waals surface area contributed by atoms with Crippen molar-refractivity contribution >= 4 is 5.91 Å². The molecule has 0 unspecified atom stereocenters. The molecule has 1 aromatic heterocycles. The molecule has 2 rings (SSSR count). The van der Waals surface area contributed by atoms with Crippen LogP contribution in [0.1, 0.15) is 19.4 Å². The second-order valence-corrected chi connectivity index (χ2v) is 5.56. The number of aryl methyl sites for hydroxylation is 1. The summed E-state index contributed by atoms with van der Waals surface area (Å²) >= 11 is 0. The van der Waals surface area contributed by atoms with Crippen molar-refractivity contribution in [2.75, 3.05) is 6.61 Å². The van der Waals surface area contributed by atoms with Crippen LogP contribution in [0, 0.1) is 12.8 Å². The molecule has 0 bridgehead atoms. The van der Waals surface area contributed by atoms with Gasteiger partial charge in [-0.1, -0.05) is 32.0 Å². The average Bonchev–Trinajstić information content (AvgIpc) is 2.98. The summed E-state index contributed by atoms with van der Waals surface area (Å²) in [6.45, 7) is 6.60. The number of para-hydroxylation sites is 1. The van der Waals surface area contributed by atoms with Crippen molar-refractivity contribution in [2.24, 2.45) is 5.92 Å². The lowest BCUT2D eigenvalue weighted by Gasteiger charge is -2.22. The van der Waals surface area contributed by atoms with Crippen molar-refractivity contribution in [1.82, 2.24) is 20.3 Å². The smallest absolute Gasteiger partial charge is 0.258 e. The van der Waals surface area contributed by atoms with Crippen LogP contribution in [-0.2, 0) is 11.3 Å². The molecule has 6 heteroatoms. The summed E-state index contributed by atoms with van der Waals surface area (Å²) in [7, 11) is 0. The van der Waals surface area contributed by atoms with Gasteiger partial charge in [0.2, 0.25) is 0 Å². The largest absolute Gasteiger partial charge is 0.484 e. The molecular weight excluding hydrogens is 280 g/mol. The maximum Gasteiger partial charge on any atom is 0.258 e. The predicted molar refractivity (Wildman–Crippen MR) is 83.5 cm³/mol. The molecule has 2 aromatic rings. The maximum absolute atomic E-state index is 12.1. The van der Waals surface area contributed by atoms with Gasteiger partial charge in [-0.15, -0.1) is 0 Å². The second-order valence-electron chi connectivity index (χ2n) is 5.56. The Morgan fingerprint density at radius 3 is 2.59 bits per heavy atom. The molecule has 1 aromatic carbocycles. The van der Waals surface area contributed by atoms with E-state index in [0.29, 0.717) is 6.54 Å². The molecule has 1 heterocycles. The molecule has 0 aliphatic carbocycles. The Labute approximate surface area is 130 Å². The normalized spacial score (nSPS) is 12.2. The van der Waals surface area contributed by atoms with Gasteiger partial charge in [0.25, 0.3) is 5.91 Å². The van der Waals surface area contributed by atoms with Crippen LogP contribution in [-0.4, -0.2) is 33.5 Å². The van der Waals surface area contributed by atoms with E-state index in [0.717, 1.165) is 11.3 Å². The minimum atomic E-state index is -0.144. The van der Waals surface area contributed by atoms with Crippen molar-refractivity contribution < 1.29 is 9.53 Å². The van der Waals surface area contributed by atoms with E-state index in [4.69, 9.17) is 4.74 Å². The summed E-state index contributed by atoms with van der Waals surface area (Å²) in [6.07, 6.45) is 3.25. The first kappa shape index (κ1) is 16.0. The van der Waals surface area contributed by atoms with Crippen molar-refractivity contribution in [3.05, 3.63) is 42.2 Å². The molecule has 0 aliphatic rings. The number of nitrogens with zero attached hydrogens (tertiary/aromatic N) is 3. The summed E-state index contributed by atoms with van der Waals surface area (Å²) in [4.78, 5) is 13.7. The highest BCUT2D eigenvalue weighted by Gasteiger charge is 2.18. The van der Waals surface area contributed by atoms with Gasteiger partial charge in [-0.2, -0.15) is 15.0 Å². The van der Waals surface area contributed by atoms with Crippen molar-refractivity contribution in [2.45, 2.75) is 33.4 Å². The Hall–Kier alpha value is -2.37. The van der Waals surface area contributed by atoms with Gasteiger partial charge in [-0.3, -0.25) is 4.79 Å². The highest BCUT2D eigenvalue weighted by molar-refractivity contribution is 5.77. The van der Waals surface area contributed by atoms with Crippen molar-refractivity contribution in [3.8, 4) is 5.75 Å². The number of benzene rings is 1. The van der Waals surface area contributed by atoms with Crippen LogP contribution in [0.25, 0.3) is 0 Å². The molecule has 118 valence electrons. The van der Waals surface area contributed by atoms with Gasteiger partial charge >= 0.3 is 0 Å². The van der Waals surface area contributed by atoms with Crippen LogP contribution >= 0.6 is 0 Å². The molecule has 0 aliphatic heterocycles. The number of aromatic nitrogens is 3. The molecule has 0 radical (unpaired) electrons. The summed E-state index contributed by atoms with van der Waals surface area (Å²) < 4.78 is 5.56. The zero-order chi connectivity index (χ0) is 15.9. The Morgan fingerprint density at radius 2 is 1.95 bits per heavy atom. The third kappa shape index (κ3) is 4.58. The van der Waals surface area contributed by atoms with Gasteiger partial charge in [0.15, 0.2) is 6.61 Å². The summed E-state index contributed by atoms with van der Waals surface area (Å²) in [5.41, 5.74) is 1.01. The summed E-state index contributed by atoms with van der Waals surface area (Å²) in [5.74, 6) is 0.856. The molecule has 1 N–H and O–H groups in total. The van der Waals surface area contributed by atoms with Crippen molar-refractivity contribution in [1.29, 1.82) is 0 Å². The Kier molecular flexibility index (Phi) is 5.52. The van der Waals surface area contributed by atoms with E-state index in [1.807, 2.05) is 31.2 Å². The lowest BCUT2D eigenvalue weighted by molar-refractivity contribution is -0.124. The molecule has 22 heavy (non-hydrogen) atoms. The Morgan fingerprint density at radius 1 is 1.27 bits per heavy atom. The number of ether oxygens (including phenoxy) is 1. The summed E-state index contributed by atoms with van der Waals surface area (Å²) in [6, 6.07) is 7.60. The topological polar surface area (TPSA) is 69.0 Å². The van der Waals surface area contributed by atoms with E-state index in [1.54, 1.807) is 17.2 Å². The molecule has 0 fully saturated rings. The quantitative estimate of drug-likeness (QED) is 0.847. The maximum atomic E-state index is 12.1. The van der Waals surface area contributed by atoms with Crippen LogP contribution < -0.4 is 10.1 Å². The van der Waals surface area contributed by atoms with Gasteiger partial charge in [-0.05, 0) is 24.5 Å². The number of hydrogen-bond donors (Lipinski definition) is 1. The molecular formula is C16H22N4O2. The summed E-state index contributed by atoms with van der Waals surface area (Å²) in [5, 5.41) is 11.1. The molecule has 1 amide bonds. The van der Waals surface area contributed by atoms with E-state index in [1.165, 1.54) is 0 Å². The number of carbonyl (C=O) groups is 1. The molecule has 0 saturated carbocycles. The lowest BCUT2D eigenvalue weighted by atomic mass is 10.0. The molecule has 6 nitrogen and oxygen atoms in total. The molecule has 0 spiro atoms. The van der Waals surface area contributed by atoms with Gasteiger partial charge in [0.05, 0.1) is 25.0 Å². The number of rotatable bonds is 7. The Bertz CT molecular complexity index is 596. The zero-order valence-corrected chi connectivity index (χ0v) is 13.2. The van der Waals surface area contributed by atoms with E-state index >= 15 is 0 Å². The van der Waals surface area contributed by atoms with Gasteiger partial charge in [0, 0.05) is 0 Å². The monoisotopic (exact) mass is 302 g/mol. The van der Waals surface area contributed by atoms with Crippen LogP contribution in [0.15, 0.2) is 36.7 Å². The van der Waals surface area contributed by atoms with E-state index in [-0.39, 0.29) is 24.5 Å². The number of hydrogen-bond acceptors (Lipinski definition) is 4. The third-order valence-electron chi connectivity index (χ3n) is 3.43. The molecule has 1 atom stereocenters. The second kappa shape index (κ2) is 7.59. The van der Waals surface area contributed by atoms with Gasteiger partial charge < -0.3 is 10.1 Å². The predicted octanol–water partition coefficient (Wildman–Crippen LogP) is 1.81. The fourth-order valence-electron chi connectivity index (χ4n) is 2.05.